The van der Waals surface area contributed by atoms with Gasteiger partial charge in [0.2, 0.25) is 5.91 Å². The Morgan fingerprint density at radius 1 is 1.47 bits per heavy atom. The molecule has 0 bridgehead atoms. The number of hydrogen-bond acceptors (Lipinski definition) is 2. The molecule has 0 spiro atoms. The van der Waals surface area contributed by atoms with E-state index in [0.717, 1.165) is 19.4 Å². The largest absolute Gasteiger partial charge is 0.481 e. The van der Waals surface area contributed by atoms with Crippen LogP contribution in [-0.2, 0) is 9.59 Å². The molecule has 1 aliphatic rings. The highest BCUT2D eigenvalue weighted by atomic mass is 16.4. The lowest BCUT2D eigenvalue weighted by Gasteiger charge is -2.41. The fourth-order valence-corrected chi connectivity index (χ4v) is 1.99. The van der Waals surface area contributed by atoms with Gasteiger partial charge in [-0.25, -0.2) is 0 Å². The van der Waals surface area contributed by atoms with Crippen molar-refractivity contribution in [2.45, 2.75) is 51.5 Å². The maximum absolute atomic E-state index is 11.7. The smallest absolute Gasteiger partial charge is 0.303 e. The summed E-state index contributed by atoms with van der Waals surface area (Å²) in [6, 6.07) is 0. The molecule has 1 heterocycles. The van der Waals surface area contributed by atoms with Crippen LogP contribution >= 0.6 is 0 Å². The van der Waals surface area contributed by atoms with Crippen LogP contribution in [0.25, 0.3) is 0 Å². The third-order valence-corrected chi connectivity index (χ3v) is 3.00. The molecule has 0 aromatic rings. The molecule has 86 valence electrons. The summed E-state index contributed by atoms with van der Waals surface area (Å²) in [5, 5.41) is 8.64. The predicted molar refractivity (Wildman–Crippen MR) is 56.5 cm³/mol. The van der Waals surface area contributed by atoms with E-state index in [0.29, 0.717) is 12.8 Å². The van der Waals surface area contributed by atoms with Crippen LogP contribution in [0.5, 0.6) is 0 Å². The van der Waals surface area contributed by atoms with Crippen molar-refractivity contribution in [1.82, 2.24) is 4.90 Å². The average molecular weight is 213 g/mol. The summed E-state index contributed by atoms with van der Waals surface area (Å²) in [5.41, 5.74) is -0.324. The highest BCUT2D eigenvalue weighted by Gasteiger charge is 2.32. The predicted octanol–water partition coefficient (Wildman–Crippen LogP) is 1.64. The lowest BCUT2D eigenvalue weighted by Crippen LogP contribution is -2.50. The number of hydrogen-bond donors (Lipinski definition) is 1. The Labute approximate surface area is 90.3 Å². The number of aliphatic carboxylic acids is 1. The van der Waals surface area contributed by atoms with Crippen molar-refractivity contribution < 1.29 is 14.7 Å². The number of carbonyl (C=O) groups is 2. The molecule has 0 saturated carbocycles. The molecule has 0 atom stereocenters. The Kier molecular flexibility index (Phi) is 3.72. The molecule has 4 nitrogen and oxygen atoms in total. The fraction of sp³-hybridized carbons (Fsp3) is 0.818. The van der Waals surface area contributed by atoms with Crippen molar-refractivity contribution in [3.05, 3.63) is 0 Å². The lowest BCUT2D eigenvalue weighted by molar-refractivity contribution is -0.143. The topological polar surface area (TPSA) is 57.6 Å². The van der Waals surface area contributed by atoms with E-state index < -0.39 is 5.97 Å². The van der Waals surface area contributed by atoms with Crippen molar-refractivity contribution in [2.24, 2.45) is 0 Å². The Hall–Kier alpha value is -1.06. The van der Waals surface area contributed by atoms with E-state index in [1.807, 2.05) is 18.7 Å². The van der Waals surface area contributed by atoms with Gasteiger partial charge in [0.1, 0.15) is 0 Å². The van der Waals surface area contributed by atoms with E-state index in [1.54, 1.807) is 0 Å². The minimum Gasteiger partial charge on any atom is -0.481 e. The van der Waals surface area contributed by atoms with Crippen LogP contribution in [0.3, 0.4) is 0 Å². The van der Waals surface area contributed by atoms with Crippen molar-refractivity contribution in [3.8, 4) is 0 Å². The molecule has 1 aliphatic heterocycles. The van der Waals surface area contributed by atoms with Gasteiger partial charge in [-0.3, -0.25) is 9.59 Å². The molecule has 1 amide bonds. The number of rotatable bonds is 4. The summed E-state index contributed by atoms with van der Waals surface area (Å²) in [6.07, 6.45) is 3.24. The second kappa shape index (κ2) is 4.64. The van der Waals surface area contributed by atoms with Gasteiger partial charge >= 0.3 is 5.97 Å². The zero-order chi connectivity index (χ0) is 11.5. The molecule has 1 saturated heterocycles. The summed E-state index contributed by atoms with van der Waals surface area (Å²) in [7, 11) is 0. The fourth-order valence-electron chi connectivity index (χ4n) is 1.99. The minimum absolute atomic E-state index is 0.122. The van der Waals surface area contributed by atoms with Gasteiger partial charge in [0.15, 0.2) is 0 Å². The molecule has 15 heavy (non-hydrogen) atoms. The first kappa shape index (κ1) is 12.0. The maximum Gasteiger partial charge on any atom is 0.303 e. The van der Waals surface area contributed by atoms with E-state index in [4.69, 9.17) is 5.11 Å². The zero-order valence-electron chi connectivity index (χ0n) is 9.45. The Bertz CT molecular complexity index is 261. The monoisotopic (exact) mass is 213 g/mol. The van der Waals surface area contributed by atoms with Crippen molar-refractivity contribution in [1.29, 1.82) is 0 Å². The molecule has 1 rings (SSSR count). The number of likely N-dealkylation sites (tertiary alicyclic amines) is 1. The summed E-state index contributed by atoms with van der Waals surface area (Å²) in [5.74, 6) is -0.635. The molecule has 1 N–H and O–H groups in total. The Balaban J connectivity index is 2.57. The first-order chi connectivity index (χ1) is 6.93. The van der Waals surface area contributed by atoms with Gasteiger partial charge in [-0.1, -0.05) is 0 Å². The van der Waals surface area contributed by atoms with E-state index in [2.05, 4.69) is 0 Å². The third kappa shape index (κ3) is 3.22. The molecule has 0 radical (unpaired) electrons. The summed E-state index contributed by atoms with van der Waals surface area (Å²) in [6.45, 7) is 4.66. The van der Waals surface area contributed by atoms with Crippen LogP contribution in [0, 0.1) is 0 Å². The zero-order valence-corrected chi connectivity index (χ0v) is 9.45. The quantitative estimate of drug-likeness (QED) is 0.772. The van der Waals surface area contributed by atoms with Crippen LogP contribution in [-0.4, -0.2) is 34.0 Å². The number of carboxylic acids is 1. The standard InChI is InChI=1S/C11H19NO3/c1-11(2,7-6-10(14)15)12-8-4-3-5-9(12)13/h3-8H2,1-2H3,(H,14,15). The van der Waals surface area contributed by atoms with Gasteiger partial charge in [-0.05, 0) is 33.1 Å². The summed E-state index contributed by atoms with van der Waals surface area (Å²) >= 11 is 0. The number of nitrogens with zero attached hydrogens (tertiary/aromatic N) is 1. The van der Waals surface area contributed by atoms with Crippen LogP contribution in [0.4, 0.5) is 0 Å². The molecule has 0 aromatic heterocycles. The molecular weight excluding hydrogens is 194 g/mol. The van der Waals surface area contributed by atoms with E-state index in [-0.39, 0.29) is 17.9 Å². The van der Waals surface area contributed by atoms with Gasteiger partial charge in [0.05, 0.1) is 0 Å². The maximum atomic E-state index is 11.7. The van der Waals surface area contributed by atoms with Crippen molar-refractivity contribution in [3.63, 3.8) is 0 Å². The van der Waals surface area contributed by atoms with Gasteiger partial charge in [0.25, 0.3) is 0 Å². The number of piperidine rings is 1. The normalized spacial score (nSPS) is 18.0. The summed E-state index contributed by atoms with van der Waals surface area (Å²) < 4.78 is 0. The van der Waals surface area contributed by atoms with Crippen LogP contribution in [0.1, 0.15) is 46.0 Å². The highest BCUT2D eigenvalue weighted by Crippen LogP contribution is 2.25. The highest BCUT2D eigenvalue weighted by molar-refractivity contribution is 5.77. The number of carboxylic acid groups (broad SMARTS) is 1. The third-order valence-electron chi connectivity index (χ3n) is 3.00. The molecular formula is C11H19NO3. The number of amides is 1. The first-order valence-electron chi connectivity index (χ1n) is 5.46. The molecule has 4 heteroatoms. The van der Waals surface area contributed by atoms with E-state index >= 15 is 0 Å². The van der Waals surface area contributed by atoms with E-state index in [9.17, 15) is 9.59 Å². The summed E-state index contributed by atoms with van der Waals surface area (Å²) in [4.78, 5) is 24.0. The van der Waals surface area contributed by atoms with Crippen LogP contribution in [0.2, 0.25) is 0 Å². The second-order valence-corrected chi connectivity index (χ2v) is 4.71. The molecule has 0 aromatic carbocycles. The van der Waals surface area contributed by atoms with Gasteiger partial charge in [-0.2, -0.15) is 0 Å². The molecule has 0 unspecified atom stereocenters. The van der Waals surface area contributed by atoms with Gasteiger partial charge in [-0.15, -0.1) is 0 Å². The van der Waals surface area contributed by atoms with Gasteiger partial charge < -0.3 is 10.0 Å². The molecule has 0 aliphatic carbocycles. The first-order valence-corrected chi connectivity index (χ1v) is 5.46. The Morgan fingerprint density at radius 3 is 2.67 bits per heavy atom. The lowest BCUT2D eigenvalue weighted by atomic mass is 9.93. The van der Waals surface area contributed by atoms with Crippen LogP contribution in [0.15, 0.2) is 0 Å². The Morgan fingerprint density at radius 2 is 2.13 bits per heavy atom. The molecule has 1 fully saturated rings. The SMILES string of the molecule is CC(C)(CCC(=O)O)N1CCCCC1=O. The van der Waals surface area contributed by atoms with Crippen LogP contribution < -0.4 is 0 Å². The van der Waals surface area contributed by atoms with Gasteiger partial charge in [0, 0.05) is 24.9 Å². The second-order valence-electron chi connectivity index (χ2n) is 4.71. The van der Waals surface area contributed by atoms with Crippen molar-refractivity contribution >= 4 is 11.9 Å². The average Bonchev–Trinajstić information content (AvgIpc) is 2.15. The van der Waals surface area contributed by atoms with Crippen molar-refractivity contribution in [2.75, 3.05) is 6.54 Å². The number of carbonyl (C=O) groups excluding carboxylic acids is 1. The van der Waals surface area contributed by atoms with E-state index in [1.165, 1.54) is 0 Å². The minimum atomic E-state index is -0.799.